The SMILES string of the molecule is CC[C@H](C)[C@H](NCC(=O)Nc1ccc(NC(=O)c2cccs2)cc1)C(=O)O. The molecule has 0 aliphatic carbocycles. The molecular formula is C19H23N3O4S. The van der Waals surface area contributed by atoms with Crippen LogP contribution >= 0.6 is 11.3 Å². The summed E-state index contributed by atoms with van der Waals surface area (Å²) in [4.78, 5) is 35.9. The Morgan fingerprint density at radius 1 is 1.07 bits per heavy atom. The van der Waals surface area contributed by atoms with Crippen molar-refractivity contribution in [3.05, 3.63) is 46.7 Å². The summed E-state index contributed by atoms with van der Waals surface area (Å²) in [6.07, 6.45) is 0.699. The number of hydrogen-bond acceptors (Lipinski definition) is 5. The highest BCUT2D eigenvalue weighted by molar-refractivity contribution is 7.12. The van der Waals surface area contributed by atoms with Gasteiger partial charge < -0.3 is 15.7 Å². The van der Waals surface area contributed by atoms with Crippen LogP contribution < -0.4 is 16.0 Å². The number of carboxylic acids is 1. The summed E-state index contributed by atoms with van der Waals surface area (Å²) in [6.45, 7) is 3.63. The van der Waals surface area contributed by atoms with E-state index in [-0.39, 0.29) is 24.3 Å². The second kappa shape index (κ2) is 9.84. The Hall–Kier alpha value is -2.71. The fourth-order valence-corrected chi connectivity index (χ4v) is 3.03. The highest BCUT2D eigenvalue weighted by Gasteiger charge is 2.23. The third-order valence-electron chi connectivity index (χ3n) is 4.13. The summed E-state index contributed by atoms with van der Waals surface area (Å²) in [5.74, 6) is -1.57. The lowest BCUT2D eigenvalue weighted by molar-refractivity contribution is -0.140. The van der Waals surface area contributed by atoms with Crippen LogP contribution in [0.4, 0.5) is 11.4 Å². The summed E-state index contributed by atoms with van der Waals surface area (Å²) < 4.78 is 0. The van der Waals surface area contributed by atoms with Gasteiger partial charge in [-0.3, -0.25) is 19.7 Å². The summed E-state index contributed by atoms with van der Waals surface area (Å²) >= 11 is 1.36. The molecule has 2 atom stereocenters. The first-order valence-electron chi connectivity index (χ1n) is 8.61. The Labute approximate surface area is 161 Å². The molecule has 0 saturated heterocycles. The number of anilines is 2. The zero-order valence-electron chi connectivity index (χ0n) is 15.2. The lowest BCUT2D eigenvalue weighted by Crippen LogP contribution is -2.45. The fourth-order valence-electron chi connectivity index (χ4n) is 2.41. The van der Waals surface area contributed by atoms with Crippen LogP contribution in [-0.4, -0.2) is 35.5 Å². The van der Waals surface area contributed by atoms with Crippen LogP contribution in [-0.2, 0) is 9.59 Å². The molecule has 7 nitrogen and oxygen atoms in total. The van der Waals surface area contributed by atoms with Gasteiger partial charge in [0.25, 0.3) is 5.91 Å². The Kier molecular flexibility index (Phi) is 7.51. The molecule has 0 radical (unpaired) electrons. The predicted molar refractivity (Wildman–Crippen MR) is 106 cm³/mol. The van der Waals surface area contributed by atoms with Crippen LogP contribution in [0.5, 0.6) is 0 Å². The topological polar surface area (TPSA) is 108 Å². The van der Waals surface area contributed by atoms with Crippen LogP contribution in [0.15, 0.2) is 41.8 Å². The molecule has 0 fully saturated rings. The molecule has 1 aromatic heterocycles. The number of nitrogens with one attached hydrogen (secondary N) is 3. The van der Waals surface area contributed by atoms with Crippen molar-refractivity contribution in [2.24, 2.45) is 5.92 Å². The number of hydrogen-bond donors (Lipinski definition) is 4. The number of aliphatic carboxylic acids is 1. The second-order valence-electron chi connectivity index (χ2n) is 6.14. The predicted octanol–water partition coefficient (Wildman–Crippen LogP) is 3.03. The smallest absolute Gasteiger partial charge is 0.320 e. The number of carboxylic acid groups (broad SMARTS) is 1. The zero-order valence-corrected chi connectivity index (χ0v) is 16.0. The second-order valence-corrected chi connectivity index (χ2v) is 7.09. The monoisotopic (exact) mass is 389 g/mol. The quantitative estimate of drug-likeness (QED) is 0.527. The van der Waals surface area contributed by atoms with E-state index in [1.165, 1.54) is 11.3 Å². The maximum atomic E-state index is 12.0. The van der Waals surface area contributed by atoms with Crippen molar-refractivity contribution < 1.29 is 19.5 Å². The van der Waals surface area contributed by atoms with E-state index in [0.29, 0.717) is 22.7 Å². The molecule has 8 heteroatoms. The van der Waals surface area contributed by atoms with E-state index >= 15 is 0 Å². The number of benzene rings is 1. The van der Waals surface area contributed by atoms with Crippen molar-refractivity contribution in [1.82, 2.24) is 5.32 Å². The van der Waals surface area contributed by atoms with Crippen LogP contribution in [0.25, 0.3) is 0 Å². The maximum absolute atomic E-state index is 12.0. The lowest BCUT2D eigenvalue weighted by Gasteiger charge is -2.19. The molecule has 1 heterocycles. The molecule has 0 unspecified atom stereocenters. The van der Waals surface area contributed by atoms with Crippen LogP contribution in [0, 0.1) is 5.92 Å². The largest absolute Gasteiger partial charge is 0.480 e. The molecular weight excluding hydrogens is 366 g/mol. The standard InChI is InChI=1S/C19H23N3O4S/c1-3-12(2)17(19(25)26)20-11-16(23)21-13-6-8-14(9-7-13)22-18(24)15-5-4-10-27-15/h4-10,12,17,20H,3,11H2,1-2H3,(H,21,23)(H,22,24)(H,25,26)/t12-,17-/m0/s1. The third kappa shape index (κ3) is 6.19. The van der Waals surface area contributed by atoms with E-state index in [2.05, 4.69) is 16.0 Å². The highest BCUT2D eigenvalue weighted by atomic mass is 32.1. The molecule has 2 aromatic rings. The van der Waals surface area contributed by atoms with Gasteiger partial charge in [-0.2, -0.15) is 0 Å². The first-order valence-corrected chi connectivity index (χ1v) is 9.49. The van der Waals surface area contributed by atoms with Gasteiger partial charge in [0, 0.05) is 11.4 Å². The van der Waals surface area contributed by atoms with Gasteiger partial charge in [-0.1, -0.05) is 26.3 Å². The van der Waals surface area contributed by atoms with Gasteiger partial charge in [0.2, 0.25) is 5.91 Å². The van der Waals surface area contributed by atoms with Gasteiger partial charge in [-0.15, -0.1) is 11.3 Å². The summed E-state index contributed by atoms with van der Waals surface area (Å²) in [7, 11) is 0. The van der Waals surface area contributed by atoms with Crippen molar-refractivity contribution in [2.75, 3.05) is 17.2 Å². The van der Waals surface area contributed by atoms with Gasteiger partial charge in [0.15, 0.2) is 0 Å². The van der Waals surface area contributed by atoms with Gasteiger partial charge in [0.05, 0.1) is 11.4 Å². The summed E-state index contributed by atoms with van der Waals surface area (Å²) in [6, 6.07) is 9.50. The number of thiophene rings is 1. The minimum Gasteiger partial charge on any atom is -0.480 e. The number of carbonyl (C=O) groups excluding carboxylic acids is 2. The van der Waals surface area contributed by atoms with Gasteiger partial charge in [-0.05, 0) is 41.6 Å². The first-order chi connectivity index (χ1) is 12.9. The molecule has 0 saturated carbocycles. The Morgan fingerprint density at radius 3 is 2.22 bits per heavy atom. The molecule has 2 rings (SSSR count). The van der Waals surface area contributed by atoms with Gasteiger partial charge in [-0.25, -0.2) is 0 Å². The third-order valence-corrected chi connectivity index (χ3v) is 5.00. The van der Waals surface area contributed by atoms with E-state index in [1.54, 1.807) is 30.3 Å². The molecule has 0 bridgehead atoms. The van der Waals surface area contributed by atoms with E-state index in [0.717, 1.165) is 0 Å². The van der Waals surface area contributed by atoms with Gasteiger partial charge >= 0.3 is 5.97 Å². The van der Waals surface area contributed by atoms with Crippen molar-refractivity contribution in [1.29, 1.82) is 0 Å². The molecule has 144 valence electrons. The number of carbonyl (C=O) groups is 3. The normalized spacial score (nSPS) is 12.8. The molecule has 1 aromatic carbocycles. The maximum Gasteiger partial charge on any atom is 0.320 e. The van der Waals surface area contributed by atoms with Crippen molar-refractivity contribution in [3.8, 4) is 0 Å². The lowest BCUT2D eigenvalue weighted by atomic mass is 9.99. The summed E-state index contributed by atoms with van der Waals surface area (Å²) in [5.41, 5.74) is 1.18. The Balaban J connectivity index is 1.85. The average molecular weight is 389 g/mol. The minimum absolute atomic E-state index is 0.0819. The molecule has 4 N–H and O–H groups in total. The minimum atomic E-state index is -0.969. The Morgan fingerprint density at radius 2 is 1.70 bits per heavy atom. The zero-order chi connectivity index (χ0) is 19.8. The van der Waals surface area contributed by atoms with E-state index in [1.807, 2.05) is 25.3 Å². The number of rotatable bonds is 9. The van der Waals surface area contributed by atoms with E-state index in [4.69, 9.17) is 0 Å². The molecule has 0 aliphatic rings. The van der Waals surface area contributed by atoms with E-state index in [9.17, 15) is 19.5 Å². The summed E-state index contributed by atoms with van der Waals surface area (Å²) in [5, 5.41) is 19.3. The molecule has 2 amide bonds. The average Bonchev–Trinajstić information content (AvgIpc) is 3.17. The van der Waals surface area contributed by atoms with Crippen LogP contribution in [0.3, 0.4) is 0 Å². The van der Waals surface area contributed by atoms with Gasteiger partial charge in [0.1, 0.15) is 6.04 Å². The van der Waals surface area contributed by atoms with Crippen LogP contribution in [0.2, 0.25) is 0 Å². The molecule has 27 heavy (non-hydrogen) atoms. The van der Waals surface area contributed by atoms with Crippen molar-refractivity contribution >= 4 is 40.5 Å². The van der Waals surface area contributed by atoms with Crippen molar-refractivity contribution in [2.45, 2.75) is 26.3 Å². The first kappa shape index (κ1) is 20.6. The van der Waals surface area contributed by atoms with Crippen molar-refractivity contribution in [3.63, 3.8) is 0 Å². The molecule has 0 spiro atoms. The fraction of sp³-hybridized carbons (Fsp3) is 0.316. The van der Waals surface area contributed by atoms with Crippen LogP contribution in [0.1, 0.15) is 29.9 Å². The highest BCUT2D eigenvalue weighted by Crippen LogP contribution is 2.16. The Bertz CT molecular complexity index is 775. The molecule has 0 aliphatic heterocycles. The van der Waals surface area contributed by atoms with E-state index < -0.39 is 12.0 Å². The number of amides is 2.